The van der Waals surface area contributed by atoms with Crippen molar-refractivity contribution in [3.63, 3.8) is 0 Å². The summed E-state index contributed by atoms with van der Waals surface area (Å²) in [5, 5.41) is 5.99. The van der Waals surface area contributed by atoms with Crippen LogP contribution in [-0.2, 0) is 6.61 Å². The van der Waals surface area contributed by atoms with Crippen LogP contribution < -0.4 is 10.5 Å². The third-order valence-electron chi connectivity index (χ3n) is 4.86. The number of anilines is 1. The molecule has 5 rings (SSSR count). The van der Waals surface area contributed by atoms with Crippen molar-refractivity contribution < 1.29 is 9.53 Å². The zero-order valence-corrected chi connectivity index (χ0v) is 15.5. The van der Waals surface area contributed by atoms with Gasteiger partial charge in [0.15, 0.2) is 0 Å². The molecule has 0 atom stereocenters. The number of aromatic amines is 1. The first-order chi connectivity index (χ1) is 14.2. The fraction of sp³-hybridized carbons (Fsp3) is 0.0435. The summed E-state index contributed by atoms with van der Waals surface area (Å²) in [6.45, 7) is 0.487. The van der Waals surface area contributed by atoms with E-state index in [0.29, 0.717) is 18.0 Å². The van der Waals surface area contributed by atoms with Gasteiger partial charge in [0.2, 0.25) is 0 Å². The second-order valence-electron chi connectivity index (χ2n) is 6.89. The van der Waals surface area contributed by atoms with E-state index in [0.717, 1.165) is 33.1 Å². The van der Waals surface area contributed by atoms with Gasteiger partial charge in [-0.2, -0.15) is 9.78 Å². The number of nitrogens with one attached hydrogen (secondary N) is 1. The highest BCUT2D eigenvalue weighted by molar-refractivity contribution is 6.03. The summed E-state index contributed by atoms with van der Waals surface area (Å²) in [7, 11) is 0. The van der Waals surface area contributed by atoms with Crippen molar-refractivity contribution >= 4 is 33.4 Å². The molecular formula is C23H18N4O2. The Labute approximate surface area is 166 Å². The number of H-pyrrole nitrogens is 1. The van der Waals surface area contributed by atoms with Crippen molar-refractivity contribution in [3.8, 4) is 5.75 Å². The summed E-state index contributed by atoms with van der Waals surface area (Å²) in [5.41, 5.74) is 9.55. The van der Waals surface area contributed by atoms with E-state index in [-0.39, 0.29) is 5.91 Å². The molecule has 6 nitrogen and oxygen atoms in total. The van der Waals surface area contributed by atoms with Crippen LogP contribution in [0.15, 0.2) is 79.0 Å². The second kappa shape index (κ2) is 6.83. The predicted molar refractivity (Wildman–Crippen MR) is 113 cm³/mol. The van der Waals surface area contributed by atoms with E-state index < -0.39 is 0 Å². The van der Waals surface area contributed by atoms with Crippen LogP contribution in [0.5, 0.6) is 5.75 Å². The highest BCUT2D eigenvalue weighted by Crippen LogP contribution is 2.24. The molecule has 0 spiro atoms. The largest absolute Gasteiger partial charge is 0.489 e. The molecule has 0 bridgehead atoms. The first-order valence-corrected chi connectivity index (χ1v) is 9.25. The summed E-state index contributed by atoms with van der Waals surface area (Å²) in [6.07, 6.45) is 1.64. The van der Waals surface area contributed by atoms with Crippen molar-refractivity contribution in [2.24, 2.45) is 0 Å². The van der Waals surface area contributed by atoms with E-state index in [9.17, 15) is 4.79 Å². The summed E-state index contributed by atoms with van der Waals surface area (Å²) >= 11 is 0. The van der Waals surface area contributed by atoms with Crippen LogP contribution in [0.3, 0.4) is 0 Å². The van der Waals surface area contributed by atoms with Gasteiger partial charge in [0.05, 0.1) is 11.7 Å². The van der Waals surface area contributed by atoms with Crippen LogP contribution in [0.1, 0.15) is 16.1 Å². The van der Waals surface area contributed by atoms with Gasteiger partial charge in [-0.05, 0) is 42.0 Å². The lowest BCUT2D eigenvalue weighted by atomic mass is 10.2. The highest BCUT2D eigenvalue weighted by Gasteiger charge is 2.16. The average molecular weight is 382 g/mol. The number of hydrogen-bond acceptors (Lipinski definition) is 4. The smallest absolute Gasteiger partial charge is 0.295 e. The van der Waals surface area contributed by atoms with E-state index in [1.807, 2.05) is 54.6 Å². The molecule has 2 aromatic heterocycles. The van der Waals surface area contributed by atoms with Crippen LogP contribution in [0, 0.1) is 0 Å². The first-order valence-electron chi connectivity index (χ1n) is 9.25. The van der Waals surface area contributed by atoms with Crippen LogP contribution in [-0.4, -0.2) is 20.7 Å². The van der Waals surface area contributed by atoms with Gasteiger partial charge in [-0.3, -0.25) is 4.79 Å². The molecule has 29 heavy (non-hydrogen) atoms. The summed E-state index contributed by atoms with van der Waals surface area (Å²) in [5.74, 6) is 0.509. The van der Waals surface area contributed by atoms with Crippen molar-refractivity contribution in [1.82, 2.24) is 14.8 Å². The second-order valence-corrected chi connectivity index (χ2v) is 6.89. The topological polar surface area (TPSA) is 85.9 Å². The van der Waals surface area contributed by atoms with Crippen LogP contribution >= 0.6 is 0 Å². The van der Waals surface area contributed by atoms with Gasteiger partial charge in [0, 0.05) is 28.0 Å². The van der Waals surface area contributed by atoms with E-state index in [1.54, 1.807) is 24.4 Å². The number of nitrogens with zero attached hydrogens (tertiary/aromatic N) is 2. The highest BCUT2D eigenvalue weighted by atomic mass is 16.5. The number of hydrogen-bond donors (Lipinski definition) is 2. The number of nitrogen functional groups attached to an aromatic ring is 1. The van der Waals surface area contributed by atoms with Crippen molar-refractivity contribution in [2.75, 3.05) is 5.73 Å². The third kappa shape index (κ3) is 3.21. The van der Waals surface area contributed by atoms with Gasteiger partial charge in [-0.25, -0.2) is 0 Å². The summed E-state index contributed by atoms with van der Waals surface area (Å²) < 4.78 is 7.26. The lowest BCUT2D eigenvalue weighted by Gasteiger charge is -2.06. The quantitative estimate of drug-likeness (QED) is 0.452. The Morgan fingerprint density at radius 1 is 1.00 bits per heavy atom. The monoisotopic (exact) mass is 382 g/mol. The number of aromatic nitrogens is 3. The molecule has 0 aliphatic carbocycles. The Hall–Kier alpha value is -4.06. The van der Waals surface area contributed by atoms with Crippen LogP contribution in [0.4, 0.5) is 5.69 Å². The minimum atomic E-state index is -0.229. The van der Waals surface area contributed by atoms with Gasteiger partial charge in [0.1, 0.15) is 18.1 Å². The lowest BCUT2D eigenvalue weighted by molar-refractivity contribution is 0.0946. The maximum absolute atomic E-state index is 13.0. The third-order valence-corrected chi connectivity index (χ3v) is 4.86. The molecule has 3 aromatic carbocycles. The molecule has 0 saturated heterocycles. The number of rotatable bonds is 4. The Bertz CT molecular complexity index is 1340. The summed E-state index contributed by atoms with van der Waals surface area (Å²) in [4.78, 5) is 16.2. The molecule has 0 fully saturated rings. The fourth-order valence-corrected chi connectivity index (χ4v) is 3.38. The predicted octanol–water partition coefficient (Wildman–Crippen LogP) is 4.37. The minimum Gasteiger partial charge on any atom is -0.489 e. The van der Waals surface area contributed by atoms with Gasteiger partial charge in [0.25, 0.3) is 5.91 Å². The fourth-order valence-electron chi connectivity index (χ4n) is 3.38. The van der Waals surface area contributed by atoms with Crippen LogP contribution in [0.2, 0.25) is 0 Å². The molecule has 0 aliphatic rings. The molecule has 5 aromatic rings. The van der Waals surface area contributed by atoms with Crippen LogP contribution in [0.25, 0.3) is 21.8 Å². The molecular weight excluding hydrogens is 364 g/mol. The Morgan fingerprint density at radius 2 is 1.86 bits per heavy atom. The molecule has 3 N–H and O–H groups in total. The standard InChI is InChI=1S/C23H18N4O2/c24-18-7-9-22-17(10-18)13-25-27(22)23(28)21-11-16-6-8-19(12-20(16)26-21)29-14-15-4-2-1-3-5-15/h1-13,26H,14,24H2. The van der Waals surface area contributed by atoms with E-state index in [1.165, 1.54) is 4.68 Å². The molecule has 142 valence electrons. The minimum absolute atomic E-state index is 0.229. The molecule has 0 aliphatic heterocycles. The van der Waals surface area contributed by atoms with E-state index >= 15 is 0 Å². The Morgan fingerprint density at radius 3 is 2.72 bits per heavy atom. The molecule has 0 saturated carbocycles. The number of carbonyl (C=O) groups excluding carboxylic acids is 1. The maximum Gasteiger partial charge on any atom is 0.295 e. The normalized spacial score (nSPS) is 11.2. The number of benzene rings is 3. The molecule has 0 unspecified atom stereocenters. The molecule has 0 radical (unpaired) electrons. The number of fused-ring (bicyclic) bond motifs is 2. The first kappa shape index (κ1) is 17.1. The molecule has 0 amide bonds. The van der Waals surface area contributed by atoms with Gasteiger partial charge in [-0.15, -0.1) is 0 Å². The molecule has 2 heterocycles. The van der Waals surface area contributed by atoms with Gasteiger partial charge < -0.3 is 15.5 Å². The Kier molecular flexibility index (Phi) is 4.02. The number of carbonyl (C=O) groups is 1. The zero-order chi connectivity index (χ0) is 19.8. The van der Waals surface area contributed by atoms with Gasteiger partial charge in [-0.1, -0.05) is 30.3 Å². The van der Waals surface area contributed by atoms with Gasteiger partial charge >= 0.3 is 0 Å². The average Bonchev–Trinajstić information content (AvgIpc) is 3.36. The van der Waals surface area contributed by atoms with Crippen molar-refractivity contribution in [3.05, 3.63) is 90.3 Å². The van der Waals surface area contributed by atoms with Crippen molar-refractivity contribution in [2.45, 2.75) is 6.61 Å². The molecule has 6 heteroatoms. The SMILES string of the molecule is Nc1ccc2c(cnn2C(=O)c2cc3ccc(OCc4ccccc4)cc3[nH]2)c1. The van der Waals surface area contributed by atoms with E-state index in [4.69, 9.17) is 10.5 Å². The Balaban J connectivity index is 1.42. The number of ether oxygens (including phenoxy) is 1. The van der Waals surface area contributed by atoms with Crippen molar-refractivity contribution in [1.29, 1.82) is 0 Å². The van der Waals surface area contributed by atoms with E-state index in [2.05, 4.69) is 10.1 Å². The lowest BCUT2D eigenvalue weighted by Crippen LogP contribution is -2.13. The maximum atomic E-state index is 13.0. The zero-order valence-electron chi connectivity index (χ0n) is 15.5. The summed E-state index contributed by atoms with van der Waals surface area (Å²) in [6, 6.07) is 22.9. The number of nitrogens with two attached hydrogens (primary N) is 1.